The maximum absolute atomic E-state index is 12.1. The van der Waals surface area contributed by atoms with Crippen molar-refractivity contribution in [1.82, 2.24) is 9.80 Å². The minimum Gasteiger partial charge on any atom is -0.484 e. The van der Waals surface area contributed by atoms with Crippen LogP contribution in [-0.2, 0) is 14.3 Å². The molecule has 2 heterocycles. The number of nitrogens with zero attached hydrogens (tertiary/aromatic N) is 2. The van der Waals surface area contributed by atoms with Gasteiger partial charge in [0.2, 0.25) is 0 Å². The van der Waals surface area contributed by atoms with Crippen LogP contribution in [0.4, 0.5) is 4.79 Å². The quantitative estimate of drug-likeness (QED) is 0.814. The maximum Gasteiger partial charge on any atom is 0.417 e. The first-order valence-electron chi connectivity index (χ1n) is 7.95. The zero-order valence-electron chi connectivity index (χ0n) is 13.7. The number of imide groups is 1. The van der Waals surface area contributed by atoms with Gasteiger partial charge in [0.15, 0.2) is 13.2 Å². The lowest BCUT2D eigenvalue weighted by Crippen LogP contribution is -2.62. The summed E-state index contributed by atoms with van der Waals surface area (Å²) in [4.78, 5) is 37.7. The molecule has 24 heavy (non-hydrogen) atoms. The highest BCUT2D eigenvalue weighted by Gasteiger charge is 2.44. The molecule has 0 radical (unpaired) electrons. The number of likely N-dealkylation sites (tertiary alicyclic amines) is 1. The van der Waals surface area contributed by atoms with Gasteiger partial charge in [-0.2, -0.15) is 0 Å². The average molecular weight is 332 g/mol. The normalized spacial score (nSPS) is 18.0. The van der Waals surface area contributed by atoms with Gasteiger partial charge in [-0.15, -0.1) is 0 Å². The van der Waals surface area contributed by atoms with Crippen molar-refractivity contribution in [3.8, 4) is 5.75 Å². The van der Waals surface area contributed by atoms with Gasteiger partial charge >= 0.3 is 6.09 Å². The molecule has 0 aliphatic carbocycles. The molecule has 0 N–H and O–H groups in total. The molecular weight excluding hydrogens is 312 g/mol. The van der Waals surface area contributed by atoms with Crippen molar-refractivity contribution in [3.05, 3.63) is 29.8 Å². The molecule has 128 valence electrons. The number of amides is 3. The Labute approximate surface area is 140 Å². The standard InChI is InChI=1S/C17H20N2O5/c1-11(2)12-3-5-14(6-4-12)23-9-15(20)18-7-13(8-18)19-16(21)10-24-17(19)22/h3-6,11,13H,7-10H2,1-2H3. The number of rotatable bonds is 5. The molecule has 0 unspecified atom stereocenters. The zero-order valence-corrected chi connectivity index (χ0v) is 13.7. The molecule has 3 amide bonds. The third-order valence-corrected chi connectivity index (χ3v) is 4.27. The van der Waals surface area contributed by atoms with Gasteiger partial charge in [0, 0.05) is 13.1 Å². The Balaban J connectivity index is 1.45. The van der Waals surface area contributed by atoms with Crippen molar-refractivity contribution in [1.29, 1.82) is 0 Å². The van der Waals surface area contributed by atoms with E-state index in [2.05, 4.69) is 18.6 Å². The summed E-state index contributed by atoms with van der Waals surface area (Å²) in [5.41, 5.74) is 1.21. The zero-order chi connectivity index (χ0) is 17.3. The molecule has 2 aliphatic heterocycles. The summed E-state index contributed by atoms with van der Waals surface area (Å²) in [6.45, 7) is 4.61. The van der Waals surface area contributed by atoms with E-state index in [1.54, 1.807) is 4.90 Å². The molecule has 2 fully saturated rings. The van der Waals surface area contributed by atoms with Crippen LogP contribution >= 0.6 is 0 Å². The second-order valence-corrected chi connectivity index (χ2v) is 6.28. The summed E-state index contributed by atoms with van der Waals surface area (Å²) in [5, 5.41) is 0. The highest BCUT2D eigenvalue weighted by atomic mass is 16.6. The van der Waals surface area contributed by atoms with Gasteiger partial charge in [0.1, 0.15) is 5.75 Å². The van der Waals surface area contributed by atoms with Crippen LogP contribution in [0.1, 0.15) is 25.3 Å². The van der Waals surface area contributed by atoms with Crippen LogP contribution in [0.2, 0.25) is 0 Å². The van der Waals surface area contributed by atoms with Gasteiger partial charge in [0.05, 0.1) is 6.04 Å². The number of carbonyl (C=O) groups is 3. The number of hydrogen-bond donors (Lipinski definition) is 0. The Kier molecular flexibility index (Phi) is 4.42. The molecule has 0 bridgehead atoms. The van der Waals surface area contributed by atoms with Gasteiger partial charge in [-0.25, -0.2) is 9.69 Å². The Morgan fingerprint density at radius 3 is 2.46 bits per heavy atom. The van der Waals surface area contributed by atoms with E-state index in [1.807, 2.05) is 24.3 Å². The lowest BCUT2D eigenvalue weighted by Gasteiger charge is -2.41. The molecule has 7 heteroatoms. The minimum absolute atomic E-state index is 0.0634. The second-order valence-electron chi connectivity index (χ2n) is 6.28. The molecule has 2 aliphatic rings. The van der Waals surface area contributed by atoms with Gasteiger partial charge in [-0.1, -0.05) is 26.0 Å². The van der Waals surface area contributed by atoms with Crippen molar-refractivity contribution in [3.63, 3.8) is 0 Å². The number of carbonyl (C=O) groups excluding carboxylic acids is 3. The van der Waals surface area contributed by atoms with Gasteiger partial charge < -0.3 is 14.4 Å². The SMILES string of the molecule is CC(C)c1ccc(OCC(=O)N2CC(N3C(=O)COC3=O)C2)cc1. The molecule has 7 nitrogen and oxygen atoms in total. The van der Waals surface area contributed by atoms with E-state index in [0.717, 1.165) is 4.90 Å². The Morgan fingerprint density at radius 2 is 1.92 bits per heavy atom. The van der Waals surface area contributed by atoms with Crippen LogP contribution in [0.25, 0.3) is 0 Å². The summed E-state index contributed by atoms with van der Waals surface area (Å²) in [7, 11) is 0. The Hall–Kier alpha value is -2.57. The first-order chi connectivity index (χ1) is 11.5. The predicted octanol–water partition coefficient (Wildman–Crippen LogP) is 1.38. The number of hydrogen-bond acceptors (Lipinski definition) is 5. The molecule has 0 aromatic heterocycles. The molecule has 0 atom stereocenters. The fourth-order valence-electron chi connectivity index (χ4n) is 2.72. The number of cyclic esters (lactones) is 1. The third-order valence-electron chi connectivity index (χ3n) is 4.27. The third kappa shape index (κ3) is 3.20. The minimum atomic E-state index is -0.626. The number of benzene rings is 1. The summed E-state index contributed by atoms with van der Waals surface area (Å²) in [6, 6.07) is 7.37. The van der Waals surface area contributed by atoms with Crippen LogP contribution in [0.5, 0.6) is 5.75 Å². The lowest BCUT2D eigenvalue weighted by atomic mass is 10.0. The van der Waals surface area contributed by atoms with E-state index in [-0.39, 0.29) is 31.1 Å². The van der Waals surface area contributed by atoms with Crippen molar-refractivity contribution in [2.24, 2.45) is 0 Å². The smallest absolute Gasteiger partial charge is 0.417 e. The summed E-state index contributed by atoms with van der Waals surface area (Å²) >= 11 is 0. The van der Waals surface area contributed by atoms with Crippen molar-refractivity contribution < 1.29 is 23.9 Å². The molecule has 1 aromatic carbocycles. The first kappa shape index (κ1) is 16.3. The van der Waals surface area contributed by atoms with Crippen LogP contribution in [0, 0.1) is 0 Å². The van der Waals surface area contributed by atoms with E-state index in [0.29, 0.717) is 24.8 Å². The van der Waals surface area contributed by atoms with E-state index < -0.39 is 6.09 Å². The van der Waals surface area contributed by atoms with E-state index in [4.69, 9.17) is 4.74 Å². The molecule has 0 saturated carbocycles. The largest absolute Gasteiger partial charge is 0.484 e. The molecule has 1 aromatic rings. The van der Waals surface area contributed by atoms with Gasteiger partial charge in [-0.05, 0) is 23.6 Å². The molecule has 0 spiro atoms. The fourth-order valence-corrected chi connectivity index (χ4v) is 2.72. The van der Waals surface area contributed by atoms with E-state index in [9.17, 15) is 14.4 Å². The molecule has 3 rings (SSSR count). The first-order valence-corrected chi connectivity index (χ1v) is 7.95. The highest BCUT2D eigenvalue weighted by Crippen LogP contribution is 2.21. The van der Waals surface area contributed by atoms with Gasteiger partial charge in [0.25, 0.3) is 11.8 Å². The van der Waals surface area contributed by atoms with Crippen LogP contribution in [0.3, 0.4) is 0 Å². The van der Waals surface area contributed by atoms with E-state index in [1.165, 1.54) is 5.56 Å². The summed E-state index contributed by atoms with van der Waals surface area (Å²) < 4.78 is 10.2. The summed E-state index contributed by atoms with van der Waals surface area (Å²) in [5.74, 6) is 0.569. The van der Waals surface area contributed by atoms with Crippen LogP contribution < -0.4 is 4.74 Å². The van der Waals surface area contributed by atoms with Crippen molar-refractivity contribution in [2.75, 3.05) is 26.3 Å². The maximum atomic E-state index is 12.1. The van der Waals surface area contributed by atoms with Crippen molar-refractivity contribution in [2.45, 2.75) is 25.8 Å². The Bertz CT molecular complexity index is 633. The second kappa shape index (κ2) is 6.51. The fraction of sp³-hybridized carbons (Fsp3) is 0.471. The molecule has 2 saturated heterocycles. The lowest BCUT2D eigenvalue weighted by molar-refractivity contribution is -0.143. The van der Waals surface area contributed by atoms with Crippen LogP contribution in [-0.4, -0.2) is 60.1 Å². The predicted molar refractivity (Wildman–Crippen MR) is 84.6 cm³/mol. The number of ether oxygens (including phenoxy) is 2. The summed E-state index contributed by atoms with van der Waals surface area (Å²) in [6.07, 6.45) is -0.626. The average Bonchev–Trinajstić information content (AvgIpc) is 2.84. The topological polar surface area (TPSA) is 76.2 Å². The highest BCUT2D eigenvalue weighted by molar-refractivity contribution is 5.98. The monoisotopic (exact) mass is 332 g/mol. The van der Waals surface area contributed by atoms with Gasteiger partial charge in [-0.3, -0.25) is 9.59 Å². The molecular formula is C17H20N2O5. The van der Waals surface area contributed by atoms with Crippen molar-refractivity contribution >= 4 is 17.9 Å². The Morgan fingerprint density at radius 1 is 1.25 bits per heavy atom. The van der Waals surface area contributed by atoms with Crippen LogP contribution in [0.15, 0.2) is 24.3 Å². The van der Waals surface area contributed by atoms with E-state index >= 15 is 0 Å².